The van der Waals surface area contributed by atoms with E-state index in [0.717, 1.165) is 47.0 Å². The molecule has 0 fully saturated rings. The average molecular weight is 449 g/mol. The van der Waals surface area contributed by atoms with Crippen LogP contribution in [0.15, 0.2) is 53.6 Å². The van der Waals surface area contributed by atoms with E-state index in [9.17, 15) is 4.79 Å². The lowest BCUT2D eigenvalue weighted by Gasteiger charge is -2.30. The van der Waals surface area contributed by atoms with Crippen molar-refractivity contribution in [2.45, 2.75) is 19.9 Å². The van der Waals surface area contributed by atoms with Gasteiger partial charge in [0.15, 0.2) is 11.5 Å². The van der Waals surface area contributed by atoms with Gasteiger partial charge in [-0.3, -0.25) is 9.78 Å². The summed E-state index contributed by atoms with van der Waals surface area (Å²) in [6, 6.07) is 10.9. The molecule has 32 heavy (non-hydrogen) atoms. The first-order chi connectivity index (χ1) is 15.5. The van der Waals surface area contributed by atoms with Crippen molar-refractivity contribution < 1.29 is 4.74 Å². The molecule has 1 N–H and O–H groups in total. The third-order valence-corrected chi connectivity index (χ3v) is 5.70. The Morgan fingerprint density at radius 3 is 2.84 bits per heavy atom. The summed E-state index contributed by atoms with van der Waals surface area (Å²) in [6.07, 6.45) is 4.12. The number of anilines is 3. The molecule has 9 heteroatoms. The number of nitrogens with one attached hydrogen (secondary N) is 1. The van der Waals surface area contributed by atoms with E-state index in [4.69, 9.17) is 16.3 Å². The molecule has 1 aromatic carbocycles. The predicted molar refractivity (Wildman–Crippen MR) is 124 cm³/mol. The number of pyridine rings is 1. The van der Waals surface area contributed by atoms with Crippen molar-refractivity contribution in [2.75, 3.05) is 23.9 Å². The van der Waals surface area contributed by atoms with Gasteiger partial charge >= 0.3 is 0 Å². The Bertz CT molecular complexity index is 1390. The Balaban J connectivity index is 1.44. The molecule has 0 bridgehead atoms. The number of nitrogens with zero attached hydrogens (tertiary/aromatic N) is 5. The van der Waals surface area contributed by atoms with Crippen molar-refractivity contribution >= 4 is 34.4 Å². The minimum atomic E-state index is -0.196. The molecule has 0 saturated heterocycles. The summed E-state index contributed by atoms with van der Waals surface area (Å²) >= 11 is 6.19. The maximum Gasteiger partial charge on any atom is 0.274 e. The Kier molecular flexibility index (Phi) is 5.14. The van der Waals surface area contributed by atoms with E-state index >= 15 is 0 Å². The second-order valence-electron chi connectivity index (χ2n) is 7.71. The fourth-order valence-corrected chi connectivity index (χ4v) is 4.18. The molecule has 1 aliphatic heterocycles. The molecule has 162 valence electrons. The van der Waals surface area contributed by atoms with E-state index in [1.54, 1.807) is 13.2 Å². The lowest BCUT2D eigenvalue weighted by atomic mass is 10.0. The van der Waals surface area contributed by atoms with E-state index < -0.39 is 0 Å². The quantitative estimate of drug-likeness (QED) is 0.508. The molecule has 0 saturated carbocycles. The van der Waals surface area contributed by atoms with Crippen molar-refractivity contribution in [3.8, 4) is 5.75 Å². The topological polar surface area (TPSA) is 84.6 Å². The Labute approximate surface area is 189 Å². The zero-order chi connectivity index (χ0) is 22.2. The summed E-state index contributed by atoms with van der Waals surface area (Å²) in [5.41, 5.74) is 5.17. The summed E-state index contributed by atoms with van der Waals surface area (Å²) in [5, 5.41) is 8.53. The highest BCUT2D eigenvalue weighted by atomic mass is 35.5. The van der Waals surface area contributed by atoms with Gasteiger partial charge in [-0.15, -0.1) is 5.10 Å². The average Bonchev–Trinajstić information content (AvgIpc) is 2.78. The number of aromatic nitrogens is 4. The van der Waals surface area contributed by atoms with Crippen LogP contribution in [0.1, 0.15) is 16.8 Å². The van der Waals surface area contributed by atoms with Gasteiger partial charge in [0, 0.05) is 54.2 Å². The zero-order valence-corrected chi connectivity index (χ0v) is 18.4. The summed E-state index contributed by atoms with van der Waals surface area (Å²) in [4.78, 5) is 23.3. The fourth-order valence-electron chi connectivity index (χ4n) is 3.95. The number of rotatable bonds is 4. The van der Waals surface area contributed by atoms with Crippen LogP contribution in [0.5, 0.6) is 5.75 Å². The standard InChI is InChI=1S/C23H21ClN6O2/c1-14-7-21-25-5-3-22(31)30(21)28-23(14)29-6-4-20-15(13-29)8-18(12-26-20)27-17-9-16(24)10-19(11-17)32-2/h3,5,7-12,27H,4,6,13H2,1-2H3. The minimum absolute atomic E-state index is 0.196. The molecule has 0 radical (unpaired) electrons. The maximum atomic E-state index is 12.2. The summed E-state index contributed by atoms with van der Waals surface area (Å²) in [6.45, 7) is 3.40. The van der Waals surface area contributed by atoms with Gasteiger partial charge in [-0.05, 0) is 42.3 Å². The van der Waals surface area contributed by atoms with E-state index in [-0.39, 0.29) is 5.56 Å². The van der Waals surface area contributed by atoms with Crippen molar-refractivity contribution in [1.29, 1.82) is 0 Å². The number of hydrogen-bond acceptors (Lipinski definition) is 7. The molecule has 0 unspecified atom stereocenters. The van der Waals surface area contributed by atoms with Gasteiger partial charge in [-0.25, -0.2) is 4.98 Å². The predicted octanol–water partition coefficient (Wildman–Crippen LogP) is 3.76. The second kappa shape index (κ2) is 8.12. The van der Waals surface area contributed by atoms with Gasteiger partial charge in [0.2, 0.25) is 0 Å². The van der Waals surface area contributed by atoms with Gasteiger partial charge < -0.3 is 15.0 Å². The molecule has 0 spiro atoms. The number of aryl methyl sites for hydroxylation is 1. The van der Waals surface area contributed by atoms with Crippen LogP contribution in [0.4, 0.5) is 17.2 Å². The smallest absolute Gasteiger partial charge is 0.274 e. The molecule has 0 amide bonds. The third-order valence-electron chi connectivity index (χ3n) is 5.48. The van der Waals surface area contributed by atoms with E-state index in [2.05, 4.69) is 31.3 Å². The highest BCUT2D eigenvalue weighted by molar-refractivity contribution is 6.31. The van der Waals surface area contributed by atoms with Crippen LogP contribution < -0.4 is 20.5 Å². The number of halogens is 1. The fraction of sp³-hybridized carbons (Fsp3) is 0.217. The first kappa shape index (κ1) is 20.3. The van der Waals surface area contributed by atoms with Gasteiger partial charge in [0.05, 0.1) is 19.0 Å². The molecule has 4 heterocycles. The lowest BCUT2D eigenvalue weighted by Crippen LogP contribution is -2.33. The molecular formula is C23H21ClN6O2. The second-order valence-corrected chi connectivity index (χ2v) is 8.15. The Morgan fingerprint density at radius 1 is 1.12 bits per heavy atom. The first-order valence-electron chi connectivity index (χ1n) is 10.2. The van der Waals surface area contributed by atoms with Gasteiger partial charge in [-0.1, -0.05) is 11.6 Å². The minimum Gasteiger partial charge on any atom is -0.497 e. The number of benzene rings is 1. The number of methoxy groups -OCH3 is 1. The summed E-state index contributed by atoms with van der Waals surface area (Å²) < 4.78 is 6.64. The van der Waals surface area contributed by atoms with Gasteiger partial charge in [-0.2, -0.15) is 4.52 Å². The zero-order valence-electron chi connectivity index (χ0n) is 17.7. The number of ether oxygens (including phenoxy) is 1. The highest BCUT2D eigenvalue weighted by Crippen LogP contribution is 2.29. The van der Waals surface area contributed by atoms with Crippen LogP contribution >= 0.6 is 11.6 Å². The maximum absolute atomic E-state index is 12.2. The normalized spacial score (nSPS) is 13.2. The van der Waals surface area contributed by atoms with Gasteiger partial charge in [0.25, 0.3) is 5.56 Å². The van der Waals surface area contributed by atoms with Crippen LogP contribution in [0, 0.1) is 6.92 Å². The molecule has 3 aromatic heterocycles. The number of hydrogen-bond donors (Lipinski definition) is 1. The van der Waals surface area contributed by atoms with E-state index in [1.807, 2.05) is 31.3 Å². The monoisotopic (exact) mass is 448 g/mol. The van der Waals surface area contributed by atoms with Gasteiger partial charge in [0.1, 0.15) is 5.75 Å². The van der Waals surface area contributed by atoms with Crippen LogP contribution in [0.25, 0.3) is 5.65 Å². The first-order valence-corrected chi connectivity index (χ1v) is 10.6. The van der Waals surface area contributed by atoms with Crippen molar-refractivity contribution in [3.05, 3.63) is 81.0 Å². The molecule has 4 aromatic rings. The largest absolute Gasteiger partial charge is 0.497 e. The Hall–Kier alpha value is -3.65. The number of fused-ring (bicyclic) bond motifs is 2. The molecule has 0 aliphatic carbocycles. The molecule has 5 rings (SSSR count). The molecule has 0 atom stereocenters. The lowest BCUT2D eigenvalue weighted by molar-refractivity contribution is 0.415. The molecular weight excluding hydrogens is 428 g/mol. The Morgan fingerprint density at radius 2 is 2.00 bits per heavy atom. The van der Waals surface area contributed by atoms with Crippen molar-refractivity contribution in [2.24, 2.45) is 0 Å². The van der Waals surface area contributed by atoms with Crippen LogP contribution in [0.2, 0.25) is 5.02 Å². The van der Waals surface area contributed by atoms with Crippen LogP contribution in [-0.2, 0) is 13.0 Å². The van der Waals surface area contributed by atoms with Crippen LogP contribution in [0.3, 0.4) is 0 Å². The van der Waals surface area contributed by atoms with E-state index in [0.29, 0.717) is 23.0 Å². The van der Waals surface area contributed by atoms with Crippen LogP contribution in [-0.4, -0.2) is 33.2 Å². The molecule has 8 nitrogen and oxygen atoms in total. The highest BCUT2D eigenvalue weighted by Gasteiger charge is 2.21. The van der Waals surface area contributed by atoms with E-state index in [1.165, 1.54) is 16.8 Å². The summed E-state index contributed by atoms with van der Waals surface area (Å²) in [5.74, 6) is 1.45. The SMILES string of the molecule is COc1cc(Cl)cc(Nc2cnc3c(c2)CN(c2nn4c(=O)ccnc4cc2C)CC3)c1. The summed E-state index contributed by atoms with van der Waals surface area (Å²) in [7, 11) is 1.61. The molecule has 1 aliphatic rings. The van der Waals surface area contributed by atoms with Crippen molar-refractivity contribution in [1.82, 2.24) is 19.6 Å². The third kappa shape index (κ3) is 3.85. The van der Waals surface area contributed by atoms with Crippen molar-refractivity contribution in [3.63, 3.8) is 0 Å².